The molecule has 14 heavy (non-hydrogen) atoms. The Kier molecular flexibility index (Phi) is 3.36. The minimum Gasteiger partial charge on any atom is -0.477 e. The number of benzene rings is 1. The monoisotopic (exact) mass is 214 g/mol. The van der Waals surface area contributed by atoms with Gasteiger partial charge in [-0.05, 0) is 12.1 Å². The molecule has 1 atom stereocenters. The highest BCUT2D eigenvalue weighted by Crippen LogP contribution is 2.25. The van der Waals surface area contributed by atoms with Crippen molar-refractivity contribution in [2.24, 2.45) is 0 Å². The molecule has 1 aromatic carbocycles. The lowest BCUT2D eigenvalue weighted by atomic mass is 10.2. The minimum atomic E-state index is -1.67. The highest BCUT2D eigenvalue weighted by atomic mass is 35.5. The zero-order chi connectivity index (χ0) is 10.6. The largest absolute Gasteiger partial charge is 0.477 e. The summed E-state index contributed by atoms with van der Waals surface area (Å²) in [5.74, 6) is -0.725. The Morgan fingerprint density at radius 2 is 2.07 bits per heavy atom. The van der Waals surface area contributed by atoms with Gasteiger partial charge < -0.3 is 9.84 Å². The lowest BCUT2D eigenvalue weighted by Gasteiger charge is -2.21. The number of carboxylic acid groups (broad SMARTS) is 1. The third-order valence-electron chi connectivity index (χ3n) is 1.80. The molecule has 0 bridgehead atoms. The Labute approximate surface area is 87.3 Å². The van der Waals surface area contributed by atoms with Gasteiger partial charge in [-0.2, -0.15) is 0 Å². The second kappa shape index (κ2) is 4.33. The number of hydrogen-bond acceptors (Lipinski definition) is 2. The molecule has 0 aliphatic heterocycles. The predicted octanol–water partition coefficient (Wildman–Crippen LogP) is 2.50. The fourth-order valence-corrected chi connectivity index (χ4v) is 1.03. The summed E-state index contributed by atoms with van der Waals surface area (Å²) in [5.41, 5.74) is 0. The molecule has 76 valence electrons. The minimum absolute atomic E-state index is 0.193. The van der Waals surface area contributed by atoms with Crippen LogP contribution in [0.5, 0.6) is 5.75 Å². The molecule has 0 amide bonds. The van der Waals surface area contributed by atoms with Gasteiger partial charge in [-0.3, -0.25) is 0 Å². The molecular weight excluding hydrogens is 204 g/mol. The lowest BCUT2D eigenvalue weighted by molar-refractivity contribution is -0.148. The van der Waals surface area contributed by atoms with Crippen molar-refractivity contribution >= 4 is 17.6 Å². The number of halogens is 1. The van der Waals surface area contributed by atoms with Gasteiger partial charge in [0.05, 0.1) is 0 Å². The number of rotatable bonds is 4. The van der Waals surface area contributed by atoms with Gasteiger partial charge in [0.2, 0.25) is 0 Å². The molecule has 0 aromatic heterocycles. The van der Waals surface area contributed by atoms with Crippen LogP contribution in [0.3, 0.4) is 0 Å². The van der Waals surface area contributed by atoms with Crippen LogP contribution < -0.4 is 4.74 Å². The van der Waals surface area contributed by atoms with Crippen molar-refractivity contribution < 1.29 is 14.6 Å². The van der Waals surface area contributed by atoms with Crippen molar-refractivity contribution in [1.29, 1.82) is 0 Å². The summed E-state index contributed by atoms with van der Waals surface area (Å²) in [6.07, 6.45) is 0.193. The topological polar surface area (TPSA) is 46.5 Å². The van der Waals surface area contributed by atoms with Crippen LogP contribution in [0.2, 0.25) is 0 Å². The van der Waals surface area contributed by atoms with Gasteiger partial charge in [0, 0.05) is 6.42 Å². The maximum absolute atomic E-state index is 10.8. The standard InChI is InChI=1S/C10H11ClO3/c1-2-10(11,9(12)13)14-8-6-4-3-5-7-8/h3-7H,2H2,1H3,(H,12,13). The lowest BCUT2D eigenvalue weighted by Crippen LogP contribution is -2.37. The van der Waals surface area contributed by atoms with Crippen LogP contribution in [0.15, 0.2) is 30.3 Å². The average Bonchev–Trinajstić information content (AvgIpc) is 2.19. The Hall–Kier alpha value is -1.22. The van der Waals surface area contributed by atoms with Crippen LogP contribution in [0.1, 0.15) is 13.3 Å². The van der Waals surface area contributed by atoms with Crippen molar-refractivity contribution in [3.63, 3.8) is 0 Å². The van der Waals surface area contributed by atoms with E-state index in [1.165, 1.54) is 0 Å². The molecule has 0 spiro atoms. The molecule has 1 unspecified atom stereocenters. The molecule has 1 aromatic rings. The number of aliphatic carboxylic acids is 1. The van der Waals surface area contributed by atoms with Crippen LogP contribution in [-0.2, 0) is 4.79 Å². The molecule has 4 heteroatoms. The zero-order valence-corrected chi connectivity index (χ0v) is 8.49. The van der Waals surface area contributed by atoms with E-state index in [4.69, 9.17) is 21.4 Å². The first-order valence-electron chi connectivity index (χ1n) is 4.25. The quantitative estimate of drug-likeness (QED) is 0.784. The normalized spacial score (nSPS) is 14.4. The van der Waals surface area contributed by atoms with Crippen molar-refractivity contribution in [3.8, 4) is 5.75 Å². The summed E-state index contributed by atoms with van der Waals surface area (Å²) in [5, 5.41) is 7.17. The molecule has 0 saturated carbocycles. The van der Waals surface area contributed by atoms with Crippen LogP contribution in [0, 0.1) is 0 Å². The van der Waals surface area contributed by atoms with Crippen molar-refractivity contribution in [2.45, 2.75) is 18.4 Å². The summed E-state index contributed by atoms with van der Waals surface area (Å²) in [7, 11) is 0. The van der Waals surface area contributed by atoms with Gasteiger partial charge in [-0.25, -0.2) is 4.79 Å². The Morgan fingerprint density at radius 1 is 1.50 bits per heavy atom. The third-order valence-corrected chi connectivity index (χ3v) is 2.30. The predicted molar refractivity (Wildman–Crippen MR) is 53.6 cm³/mol. The van der Waals surface area contributed by atoms with E-state index < -0.39 is 11.0 Å². The van der Waals surface area contributed by atoms with Crippen LogP contribution >= 0.6 is 11.6 Å². The van der Waals surface area contributed by atoms with Gasteiger partial charge in [0.15, 0.2) is 0 Å². The Balaban J connectivity index is 2.81. The smallest absolute Gasteiger partial charge is 0.364 e. The van der Waals surface area contributed by atoms with Crippen LogP contribution in [0.25, 0.3) is 0 Å². The van der Waals surface area contributed by atoms with E-state index in [0.29, 0.717) is 5.75 Å². The van der Waals surface area contributed by atoms with E-state index in [2.05, 4.69) is 0 Å². The Bertz CT molecular complexity index is 312. The SMILES string of the molecule is CCC(Cl)(Oc1ccccc1)C(=O)O. The summed E-state index contributed by atoms with van der Waals surface area (Å²) >= 11 is 5.77. The number of ether oxygens (including phenoxy) is 1. The van der Waals surface area contributed by atoms with Crippen LogP contribution in [0.4, 0.5) is 0 Å². The summed E-state index contributed by atoms with van der Waals surface area (Å²) < 4.78 is 5.18. The van der Waals surface area contributed by atoms with Crippen LogP contribution in [-0.4, -0.2) is 16.1 Å². The van der Waals surface area contributed by atoms with E-state index in [-0.39, 0.29) is 6.42 Å². The first kappa shape index (κ1) is 10.9. The van der Waals surface area contributed by atoms with E-state index in [0.717, 1.165) is 0 Å². The van der Waals surface area contributed by atoms with E-state index >= 15 is 0 Å². The number of carbonyl (C=O) groups is 1. The van der Waals surface area contributed by atoms with Gasteiger partial charge in [-0.1, -0.05) is 36.7 Å². The summed E-state index contributed by atoms with van der Waals surface area (Å²) in [4.78, 5) is 10.8. The maximum Gasteiger partial charge on any atom is 0.364 e. The molecule has 0 fully saturated rings. The van der Waals surface area contributed by atoms with E-state index in [9.17, 15) is 4.79 Å². The maximum atomic E-state index is 10.8. The van der Waals surface area contributed by atoms with E-state index in [1.54, 1.807) is 31.2 Å². The fraction of sp³-hybridized carbons (Fsp3) is 0.300. The molecule has 1 N–H and O–H groups in total. The van der Waals surface area contributed by atoms with Crippen molar-refractivity contribution in [2.75, 3.05) is 0 Å². The molecule has 0 aliphatic rings. The Morgan fingerprint density at radius 3 is 2.50 bits per heavy atom. The number of para-hydroxylation sites is 1. The average molecular weight is 215 g/mol. The highest BCUT2D eigenvalue weighted by molar-refractivity contribution is 6.32. The van der Waals surface area contributed by atoms with Gasteiger partial charge >= 0.3 is 5.97 Å². The van der Waals surface area contributed by atoms with Crippen molar-refractivity contribution in [1.82, 2.24) is 0 Å². The second-order valence-electron chi connectivity index (χ2n) is 2.80. The fourth-order valence-electron chi connectivity index (χ4n) is 0.942. The summed E-state index contributed by atoms with van der Waals surface area (Å²) in [6, 6.07) is 8.65. The van der Waals surface area contributed by atoms with Gasteiger partial charge in [0.1, 0.15) is 5.75 Å². The zero-order valence-electron chi connectivity index (χ0n) is 7.74. The molecule has 3 nitrogen and oxygen atoms in total. The molecule has 0 radical (unpaired) electrons. The number of carboxylic acids is 1. The van der Waals surface area contributed by atoms with E-state index in [1.807, 2.05) is 6.07 Å². The summed E-state index contributed by atoms with van der Waals surface area (Å²) in [6.45, 7) is 1.66. The van der Waals surface area contributed by atoms with Gasteiger partial charge in [-0.15, -0.1) is 0 Å². The number of alkyl halides is 1. The molecule has 1 rings (SSSR count). The third kappa shape index (κ3) is 2.39. The molecular formula is C10H11ClO3. The first-order valence-corrected chi connectivity index (χ1v) is 4.62. The first-order chi connectivity index (χ1) is 6.58. The second-order valence-corrected chi connectivity index (χ2v) is 3.41. The molecule has 0 saturated heterocycles. The number of hydrogen-bond donors (Lipinski definition) is 1. The van der Waals surface area contributed by atoms with Gasteiger partial charge in [0.25, 0.3) is 5.06 Å². The van der Waals surface area contributed by atoms with Crippen molar-refractivity contribution in [3.05, 3.63) is 30.3 Å². The molecule has 0 aliphatic carbocycles. The highest BCUT2D eigenvalue weighted by Gasteiger charge is 2.36. The molecule has 0 heterocycles.